The number of methoxy groups -OCH3 is 1. The van der Waals surface area contributed by atoms with Crippen LogP contribution in [0.4, 0.5) is 0 Å². The molecule has 1 aliphatic rings. The number of carbonyl (C=O) groups is 1. The van der Waals surface area contributed by atoms with Crippen LogP contribution in [0.2, 0.25) is 5.02 Å². The van der Waals surface area contributed by atoms with E-state index in [1.54, 1.807) is 53.4 Å². The van der Waals surface area contributed by atoms with Crippen molar-refractivity contribution in [3.63, 3.8) is 0 Å². The van der Waals surface area contributed by atoms with Gasteiger partial charge in [0, 0.05) is 18.1 Å². The minimum absolute atomic E-state index is 0.0295. The summed E-state index contributed by atoms with van der Waals surface area (Å²) in [7, 11) is 1.54. The summed E-state index contributed by atoms with van der Waals surface area (Å²) >= 11 is 6.09. The molecule has 160 valence electrons. The Morgan fingerprint density at radius 2 is 1.84 bits per heavy atom. The third kappa shape index (κ3) is 4.25. The highest BCUT2D eigenvalue weighted by molar-refractivity contribution is 6.30. The predicted molar refractivity (Wildman–Crippen MR) is 116 cm³/mol. The maximum Gasteiger partial charge on any atom is 0.352 e. The lowest BCUT2D eigenvalue weighted by molar-refractivity contribution is 0.0781. The van der Waals surface area contributed by atoms with E-state index in [4.69, 9.17) is 16.3 Å². The molecule has 4 rings (SSSR count). The van der Waals surface area contributed by atoms with Gasteiger partial charge in [-0.05, 0) is 48.7 Å². The number of ether oxygens (including phenoxy) is 1. The van der Waals surface area contributed by atoms with E-state index in [0.717, 1.165) is 22.1 Å². The van der Waals surface area contributed by atoms with E-state index in [1.165, 1.54) is 7.11 Å². The maximum absolute atomic E-state index is 13.2. The van der Waals surface area contributed by atoms with Gasteiger partial charge in [-0.3, -0.25) is 14.2 Å². The van der Waals surface area contributed by atoms with Gasteiger partial charge in [-0.25, -0.2) is 4.79 Å². The molecule has 2 aromatic carbocycles. The number of carbonyl (C=O) groups excluding carboxylic acids is 1. The molecule has 0 saturated carbocycles. The van der Waals surface area contributed by atoms with Crippen LogP contribution in [0.3, 0.4) is 0 Å². The topological polar surface area (TPSA) is 86.4 Å². The Kier molecular flexibility index (Phi) is 5.90. The van der Waals surface area contributed by atoms with Crippen molar-refractivity contribution in [3.05, 3.63) is 85.6 Å². The molecule has 0 spiro atoms. The number of aromatic nitrogens is 3. The summed E-state index contributed by atoms with van der Waals surface area (Å²) < 4.78 is 7.30. The van der Waals surface area contributed by atoms with Crippen molar-refractivity contribution in [2.75, 3.05) is 20.2 Å². The number of nitrogens with zero attached hydrogens (tertiary/aromatic N) is 4. The summed E-state index contributed by atoms with van der Waals surface area (Å²) in [5.41, 5.74) is -0.616. The minimum Gasteiger partial charge on any atom is -0.497 e. The van der Waals surface area contributed by atoms with Crippen molar-refractivity contribution in [1.82, 2.24) is 19.2 Å². The molecule has 0 N–H and O–H groups in total. The molecule has 1 saturated heterocycles. The van der Waals surface area contributed by atoms with Crippen molar-refractivity contribution in [1.29, 1.82) is 0 Å². The summed E-state index contributed by atoms with van der Waals surface area (Å²) in [5, 5.41) is 4.57. The number of benzene rings is 2. The number of rotatable bonds is 5. The fourth-order valence-corrected chi connectivity index (χ4v) is 3.77. The molecule has 3 aromatic rings. The third-order valence-corrected chi connectivity index (χ3v) is 5.42. The van der Waals surface area contributed by atoms with Crippen LogP contribution >= 0.6 is 11.6 Å². The summed E-state index contributed by atoms with van der Waals surface area (Å²) in [4.78, 5) is 41.0. The van der Waals surface area contributed by atoms with Crippen LogP contribution in [0, 0.1) is 0 Å². The smallest absolute Gasteiger partial charge is 0.352 e. The zero-order valence-corrected chi connectivity index (χ0v) is 17.7. The number of likely N-dealkylation sites (tertiary alicyclic amines) is 1. The number of amides is 1. The van der Waals surface area contributed by atoms with Gasteiger partial charge in [-0.1, -0.05) is 29.8 Å². The lowest BCUT2D eigenvalue weighted by atomic mass is 10.2. The second kappa shape index (κ2) is 8.77. The molecule has 0 bridgehead atoms. The molecule has 1 aromatic heterocycles. The van der Waals surface area contributed by atoms with Crippen molar-refractivity contribution in [3.8, 4) is 11.4 Å². The largest absolute Gasteiger partial charge is 0.497 e. The first-order valence-corrected chi connectivity index (χ1v) is 10.3. The third-order valence-electron chi connectivity index (χ3n) is 5.18. The number of hydrogen-bond donors (Lipinski definition) is 0. The van der Waals surface area contributed by atoms with E-state index < -0.39 is 17.2 Å². The molecule has 1 aliphatic heterocycles. The van der Waals surface area contributed by atoms with Crippen LogP contribution in [0.15, 0.2) is 58.1 Å². The maximum atomic E-state index is 13.2. The Morgan fingerprint density at radius 1 is 1.10 bits per heavy atom. The molecule has 8 nitrogen and oxygen atoms in total. The van der Waals surface area contributed by atoms with Gasteiger partial charge in [0.25, 0.3) is 11.5 Å². The fourth-order valence-electron chi connectivity index (χ4n) is 3.59. The number of halogens is 1. The van der Waals surface area contributed by atoms with E-state index in [1.807, 2.05) is 0 Å². The van der Waals surface area contributed by atoms with Crippen molar-refractivity contribution in [2.45, 2.75) is 19.4 Å². The molecule has 9 heteroatoms. The quantitative estimate of drug-likeness (QED) is 0.607. The van der Waals surface area contributed by atoms with Crippen LogP contribution in [0.25, 0.3) is 5.69 Å². The van der Waals surface area contributed by atoms with Crippen LogP contribution in [-0.4, -0.2) is 45.4 Å². The SMILES string of the molecule is COc1cccc(Cn2c(=O)c(C(=O)N3CCCC3)nn(-c3cccc(Cl)c3)c2=O)c1. The van der Waals surface area contributed by atoms with Crippen molar-refractivity contribution < 1.29 is 9.53 Å². The van der Waals surface area contributed by atoms with Crippen molar-refractivity contribution >= 4 is 17.5 Å². The zero-order valence-electron chi connectivity index (χ0n) is 17.0. The van der Waals surface area contributed by atoms with E-state index in [0.29, 0.717) is 35.1 Å². The Bertz CT molecular complexity index is 1240. The second-order valence-corrected chi connectivity index (χ2v) is 7.70. The molecule has 0 unspecified atom stereocenters. The van der Waals surface area contributed by atoms with E-state index in [-0.39, 0.29) is 12.2 Å². The zero-order chi connectivity index (χ0) is 22.0. The Hall–Kier alpha value is -3.39. The van der Waals surface area contributed by atoms with E-state index in [9.17, 15) is 14.4 Å². The van der Waals surface area contributed by atoms with E-state index in [2.05, 4.69) is 5.10 Å². The normalized spacial score (nSPS) is 13.4. The summed E-state index contributed by atoms with van der Waals surface area (Å²) in [6, 6.07) is 13.6. The molecule has 2 heterocycles. The van der Waals surface area contributed by atoms with Gasteiger partial charge >= 0.3 is 5.69 Å². The minimum atomic E-state index is -0.719. The highest BCUT2D eigenvalue weighted by Crippen LogP contribution is 2.15. The molecular formula is C22H21ClN4O4. The highest BCUT2D eigenvalue weighted by atomic mass is 35.5. The van der Waals surface area contributed by atoms with E-state index >= 15 is 0 Å². The predicted octanol–water partition coefficient (Wildman–Crippen LogP) is 2.34. The van der Waals surface area contributed by atoms with Gasteiger partial charge in [-0.2, -0.15) is 9.78 Å². The van der Waals surface area contributed by atoms with Gasteiger partial charge in [-0.15, -0.1) is 0 Å². The second-order valence-electron chi connectivity index (χ2n) is 7.26. The first-order chi connectivity index (χ1) is 15.0. The van der Waals surface area contributed by atoms with Gasteiger partial charge in [0.1, 0.15) is 5.75 Å². The monoisotopic (exact) mass is 440 g/mol. The summed E-state index contributed by atoms with van der Waals surface area (Å²) in [6.45, 7) is 1.09. The average molecular weight is 441 g/mol. The molecule has 1 fully saturated rings. The summed E-state index contributed by atoms with van der Waals surface area (Å²) in [6.07, 6.45) is 1.75. The molecular weight excluding hydrogens is 420 g/mol. The lowest BCUT2D eigenvalue weighted by Crippen LogP contribution is -2.46. The van der Waals surface area contributed by atoms with Crippen LogP contribution in [0.1, 0.15) is 28.9 Å². The molecule has 0 atom stereocenters. The standard InChI is InChI=1S/C22H21ClN4O4/c1-31-18-9-4-6-15(12-18)14-26-21(29)19(20(28)25-10-2-3-11-25)24-27(22(26)30)17-8-5-7-16(23)13-17/h4-9,12-13H,2-3,10-11,14H2,1H3. The molecule has 0 radical (unpaired) electrons. The Morgan fingerprint density at radius 3 is 2.55 bits per heavy atom. The van der Waals surface area contributed by atoms with Crippen LogP contribution in [-0.2, 0) is 6.54 Å². The lowest BCUT2D eigenvalue weighted by Gasteiger charge is -2.17. The average Bonchev–Trinajstić information content (AvgIpc) is 3.31. The fraction of sp³-hybridized carbons (Fsp3) is 0.273. The number of hydrogen-bond acceptors (Lipinski definition) is 5. The van der Waals surface area contributed by atoms with Gasteiger partial charge in [0.2, 0.25) is 5.69 Å². The summed E-state index contributed by atoms with van der Waals surface area (Å²) in [5.74, 6) is 0.126. The first kappa shape index (κ1) is 20.9. The molecule has 1 amide bonds. The van der Waals surface area contributed by atoms with Crippen LogP contribution in [0.5, 0.6) is 5.75 Å². The van der Waals surface area contributed by atoms with Gasteiger partial charge in [0.05, 0.1) is 19.3 Å². The van der Waals surface area contributed by atoms with Gasteiger partial charge in [0.15, 0.2) is 0 Å². The van der Waals surface area contributed by atoms with Gasteiger partial charge < -0.3 is 9.64 Å². The Labute approximate surface area is 183 Å². The first-order valence-electron chi connectivity index (χ1n) is 9.90. The Balaban J connectivity index is 1.88. The van der Waals surface area contributed by atoms with Crippen molar-refractivity contribution in [2.24, 2.45) is 0 Å². The van der Waals surface area contributed by atoms with Crippen LogP contribution < -0.4 is 16.0 Å². The highest BCUT2D eigenvalue weighted by Gasteiger charge is 2.26. The molecule has 0 aliphatic carbocycles. The molecule has 31 heavy (non-hydrogen) atoms.